The summed E-state index contributed by atoms with van der Waals surface area (Å²) >= 11 is 0. The normalized spacial score (nSPS) is 36.6. The van der Waals surface area contributed by atoms with Crippen LogP contribution in [-0.2, 0) is 14.2 Å². The lowest BCUT2D eigenvalue weighted by Crippen LogP contribution is -2.36. The molecule has 2 aliphatic heterocycles. The van der Waals surface area contributed by atoms with Gasteiger partial charge in [0.1, 0.15) is 6.10 Å². The van der Waals surface area contributed by atoms with Gasteiger partial charge >= 0.3 is 0 Å². The molecule has 0 amide bonds. The Morgan fingerprint density at radius 3 is 2.80 bits per heavy atom. The summed E-state index contributed by atoms with van der Waals surface area (Å²) in [7, 11) is 1.71. The highest BCUT2D eigenvalue weighted by Gasteiger charge is 2.47. The molecule has 1 aromatic rings. The average Bonchev–Trinajstić information content (AvgIpc) is 2.84. The molecule has 2 bridgehead atoms. The van der Waals surface area contributed by atoms with Crippen LogP contribution in [-0.4, -0.2) is 32.2 Å². The molecule has 1 aromatic carbocycles. The van der Waals surface area contributed by atoms with Crippen molar-refractivity contribution in [1.82, 2.24) is 0 Å². The zero-order valence-electron chi connectivity index (χ0n) is 12.1. The van der Waals surface area contributed by atoms with Crippen LogP contribution in [0, 0.1) is 11.8 Å². The van der Waals surface area contributed by atoms with Gasteiger partial charge in [-0.25, -0.2) is 0 Å². The maximum atomic E-state index is 6.02. The van der Waals surface area contributed by atoms with E-state index in [1.54, 1.807) is 7.11 Å². The van der Waals surface area contributed by atoms with Crippen LogP contribution in [0.2, 0.25) is 0 Å². The Labute approximate surface area is 120 Å². The van der Waals surface area contributed by atoms with Gasteiger partial charge in [0.25, 0.3) is 0 Å². The molecule has 0 aliphatic carbocycles. The van der Waals surface area contributed by atoms with Crippen molar-refractivity contribution in [3.8, 4) is 0 Å². The minimum Gasteiger partial charge on any atom is -0.382 e. The van der Waals surface area contributed by atoms with E-state index in [-0.39, 0.29) is 18.5 Å². The number of methoxy groups -OCH3 is 1. The first-order valence-corrected chi connectivity index (χ1v) is 7.31. The third-order valence-corrected chi connectivity index (χ3v) is 4.16. The zero-order valence-corrected chi connectivity index (χ0v) is 12.1. The summed E-state index contributed by atoms with van der Waals surface area (Å²) in [6, 6.07) is 10.4. The molecule has 3 heteroatoms. The number of fused-ring (bicyclic) bond motifs is 2. The van der Waals surface area contributed by atoms with Crippen molar-refractivity contribution in [1.29, 1.82) is 0 Å². The molecule has 2 aliphatic rings. The summed E-state index contributed by atoms with van der Waals surface area (Å²) in [6.45, 7) is 2.79. The molecule has 0 saturated carbocycles. The molecular weight excluding hydrogens is 252 g/mol. The van der Waals surface area contributed by atoms with Crippen molar-refractivity contribution >= 4 is 6.08 Å². The van der Waals surface area contributed by atoms with E-state index in [1.165, 1.54) is 5.56 Å². The van der Waals surface area contributed by atoms with Gasteiger partial charge in [-0.15, -0.1) is 0 Å². The van der Waals surface area contributed by atoms with Gasteiger partial charge in [0.2, 0.25) is 0 Å². The lowest BCUT2D eigenvalue weighted by atomic mass is 9.86. The monoisotopic (exact) mass is 274 g/mol. The summed E-state index contributed by atoms with van der Waals surface area (Å²) < 4.78 is 17.2. The fraction of sp³-hybridized carbons (Fsp3) is 0.529. The molecule has 3 rings (SSSR count). The predicted molar refractivity (Wildman–Crippen MR) is 78.2 cm³/mol. The molecule has 2 saturated heterocycles. The van der Waals surface area contributed by atoms with E-state index < -0.39 is 0 Å². The third kappa shape index (κ3) is 2.80. The molecule has 3 nitrogen and oxygen atoms in total. The number of ether oxygens (including phenoxy) is 3. The van der Waals surface area contributed by atoms with Crippen molar-refractivity contribution < 1.29 is 14.2 Å². The second kappa shape index (κ2) is 6.08. The van der Waals surface area contributed by atoms with Crippen LogP contribution in [0.5, 0.6) is 0 Å². The molecule has 0 N–H and O–H groups in total. The van der Waals surface area contributed by atoms with Crippen LogP contribution in [0.1, 0.15) is 18.9 Å². The van der Waals surface area contributed by atoms with Crippen molar-refractivity contribution in [3.63, 3.8) is 0 Å². The molecular formula is C17H22O3. The van der Waals surface area contributed by atoms with E-state index in [1.807, 2.05) is 6.07 Å². The van der Waals surface area contributed by atoms with Crippen LogP contribution in [0.4, 0.5) is 0 Å². The number of hydrogen-bond donors (Lipinski definition) is 0. The fourth-order valence-electron chi connectivity index (χ4n) is 3.13. The van der Waals surface area contributed by atoms with E-state index in [0.717, 1.165) is 6.42 Å². The summed E-state index contributed by atoms with van der Waals surface area (Å²) in [5.41, 5.74) is 1.23. The van der Waals surface area contributed by atoms with Gasteiger partial charge in [-0.05, 0) is 12.0 Å². The van der Waals surface area contributed by atoms with E-state index >= 15 is 0 Å². The van der Waals surface area contributed by atoms with Gasteiger partial charge in [0, 0.05) is 18.9 Å². The third-order valence-electron chi connectivity index (χ3n) is 4.16. The van der Waals surface area contributed by atoms with Crippen LogP contribution < -0.4 is 0 Å². The largest absolute Gasteiger partial charge is 0.382 e. The minimum atomic E-state index is -0.0541. The highest BCUT2D eigenvalue weighted by molar-refractivity contribution is 5.49. The smallest absolute Gasteiger partial charge is 0.161 e. The van der Waals surface area contributed by atoms with Crippen molar-refractivity contribution in [2.75, 3.05) is 13.7 Å². The summed E-state index contributed by atoms with van der Waals surface area (Å²) in [4.78, 5) is 0. The molecule has 0 unspecified atom stereocenters. The summed E-state index contributed by atoms with van der Waals surface area (Å²) in [5, 5.41) is 0. The van der Waals surface area contributed by atoms with Crippen molar-refractivity contribution in [2.45, 2.75) is 31.8 Å². The second-order valence-corrected chi connectivity index (χ2v) is 5.75. The van der Waals surface area contributed by atoms with Gasteiger partial charge in [-0.2, -0.15) is 0 Å². The Balaban J connectivity index is 1.73. The van der Waals surface area contributed by atoms with Gasteiger partial charge in [-0.1, -0.05) is 49.4 Å². The Morgan fingerprint density at radius 1 is 1.25 bits per heavy atom. The molecule has 108 valence electrons. The van der Waals surface area contributed by atoms with Crippen LogP contribution in [0.3, 0.4) is 0 Å². The summed E-state index contributed by atoms with van der Waals surface area (Å²) in [6.07, 6.45) is 5.68. The topological polar surface area (TPSA) is 27.7 Å². The quantitative estimate of drug-likeness (QED) is 0.844. The highest BCUT2D eigenvalue weighted by atomic mass is 16.7. The van der Waals surface area contributed by atoms with Gasteiger partial charge in [0.05, 0.1) is 12.7 Å². The Bertz CT molecular complexity index is 457. The van der Waals surface area contributed by atoms with Crippen LogP contribution in [0.15, 0.2) is 36.4 Å². The first-order valence-electron chi connectivity index (χ1n) is 7.31. The Kier molecular flexibility index (Phi) is 4.20. The van der Waals surface area contributed by atoms with E-state index in [0.29, 0.717) is 18.4 Å². The average molecular weight is 274 g/mol. The zero-order chi connectivity index (χ0) is 13.9. The Hall–Kier alpha value is -1.16. The molecule has 0 spiro atoms. The van der Waals surface area contributed by atoms with Crippen molar-refractivity contribution in [3.05, 3.63) is 42.0 Å². The molecule has 2 heterocycles. The lowest BCUT2D eigenvalue weighted by molar-refractivity contribution is -0.130. The van der Waals surface area contributed by atoms with Gasteiger partial charge < -0.3 is 14.2 Å². The highest BCUT2D eigenvalue weighted by Crippen LogP contribution is 2.40. The predicted octanol–water partition coefficient (Wildman–Crippen LogP) is 3.11. The van der Waals surface area contributed by atoms with E-state index in [2.05, 4.69) is 43.3 Å². The SMILES string of the molecule is COC[C@H]1O[C@@H]2O[C@@H]1[C@@H](C=Cc1ccccc1)C[C@H]2C. The first kappa shape index (κ1) is 13.8. The maximum absolute atomic E-state index is 6.02. The molecule has 0 radical (unpaired) electrons. The fourth-order valence-corrected chi connectivity index (χ4v) is 3.13. The van der Waals surface area contributed by atoms with Gasteiger partial charge in [0.15, 0.2) is 6.29 Å². The maximum Gasteiger partial charge on any atom is 0.161 e. The second-order valence-electron chi connectivity index (χ2n) is 5.75. The number of hydrogen-bond acceptors (Lipinski definition) is 3. The molecule has 0 aromatic heterocycles. The minimum absolute atomic E-state index is 0.0541. The first-order chi connectivity index (χ1) is 9.78. The van der Waals surface area contributed by atoms with Gasteiger partial charge in [-0.3, -0.25) is 0 Å². The summed E-state index contributed by atoms with van der Waals surface area (Å²) in [5.74, 6) is 0.822. The molecule has 2 fully saturated rings. The molecule has 20 heavy (non-hydrogen) atoms. The van der Waals surface area contributed by atoms with E-state index in [9.17, 15) is 0 Å². The van der Waals surface area contributed by atoms with Crippen molar-refractivity contribution in [2.24, 2.45) is 11.8 Å². The van der Waals surface area contributed by atoms with Crippen LogP contribution >= 0.6 is 0 Å². The Morgan fingerprint density at radius 2 is 2.05 bits per heavy atom. The van der Waals surface area contributed by atoms with E-state index in [4.69, 9.17) is 14.2 Å². The van der Waals surface area contributed by atoms with Crippen LogP contribution in [0.25, 0.3) is 6.08 Å². The standard InChI is InChI=1S/C17H22O3/c1-12-10-14(9-8-13-6-4-3-5-7-13)16-15(11-18-2)19-17(12)20-16/h3-9,12,14-17H,10-11H2,1-2H3/t12-,14+,15-,16-,17-/m1/s1. The lowest BCUT2D eigenvalue weighted by Gasteiger charge is -2.30. The number of rotatable bonds is 4. The number of benzene rings is 1. The molecule has 5 atom stereocenters.